The summed E-state index contributed by atoms with van der Waals surface area (Å²) < 4.78 is 16.1. The monoisotopic (exact) mass is 450 g/mol. The van der Waals surface area contributed by atoms with Crippen LogP contribution in [0.4, 0.5) is 0 Å². The van der Waals surface area contributed by atoms with Crippen LogP contribution in [0, 0.1) is 0 Å². The minimum atomic E-state index is -0.730. The highest BCUT2D eigenvalue weighted by atomic mass is 79.9. The average Bonchev–Trinajstić information content (AvgIpc) is 2.72. The first-order valence-electron chi connectivity index (χ1n) is 8.28. The first kappa shape index (κ1) is 21.2. The van der Waals surface area contributed by atoms with Gasteiger partial charge in [-0.05, 0) is 47.1 Å². The number of carbonyl (C=O) groups is 3. The summed E-state index contributed by atoms with van der Waals surface area (Å²) in [4.78, 5) is 35.8. The molecule has 28 heavy (non-hydrogen) atoms. The molecule has 0 saturated carbocycles. The van der Waals surface area contributed by atoms with Gasteiger partial charge in [-0.1, -0.05) is 18.2 Å². The van der Waals surface area contributed by atoms with E-state index in [1.54, 1.807) is 30.3 Å². The molecule has 0 aliphatic carbocycles. The van der Waals surface area contributed by atoms with Crippen molar-refractivity contribution in [3.63, 3.8) is 0 Å². The summed E-state index contributed by atoms with van der Waals surface area (Å²) in [6.45, 7) is 1.68. The van der Waals surface area contributed by atoms with Crippen LogP contribution in [-0.4, -0.2) is 38.1 Å². The number of nitrogens with one attached hydrogen (secondary N) is 2. The van der Waals surface area contributed by atoms with E-state index in [4.69, 9.17) is 14.2 Å². The van der Waals surface area contributed by atoms with Crippen LogP contribution in [0.5, 0.6) is 11.5 Å². The Hall–Kier alpha value is -3.07. The van der Waals surface area contributed by atoms with Crippen LogP contribution >= 0.6 is 15.9 Å². The predicted molar refractivity (Wildman–Crippen MR) is 104 cm³/mol. The summed E-state index contributed by atoms with van der Waals surface area (Å²) in [5.41, 5.74) is 4.97. The van der Waals surface area contributed by atoms with Gasteiger partial charge in [-0.3, -0.25) is 20.4 Å². The minimum absolute atomic E-state index is 0.174. The topological polar surface area (TPSA) is 103 Å². The molecule has 8 nitrogen and oxygen atoms in total. The van der Waals surface area contributed by atoms with Crippen molar-refractivity contribution >= 4 is 33.7 Å². The van der Waals surface area contributed by atoms with Crippen molar-refractivity contribution < 1.29 is 28.6 Å². The summed E-state index contributed by atoms with van der Waals surface area (Å²) in [7, 11) is 1.45. The Morgan fingerprint density at radius 2 is 1.75 bits per heavy atom. The van der Waals surface area contributed by atoms with Crippen LogP contribution in [0.25, 0.3) is 0 Å². The Bertz CT molecular complexity index is 857. The first-order chi connectivity index (χ1) is 13.5. The predicted octanol–water partition coefficient (Wildman–Crippen LogP) is 2.47. The standard InChI is InChI=1S/C19H19BrN2O6/c1-3-27-17-14(20)9-13(10-15(17)26-2)19(25)28-11-16(23)21-22-18(24)12-7-5-4-6-8-12/h4-10H,3,11H2,1-2H3,(H,21,23)(H,22,24). The van der Waals surface area contributed by atoms with Crippen LogP contribution in [0.15, 0.2) is 46.9 Å². The van der Waals surface area contributed by atoms with E-state index in [0.717, 1.165) is 0 Å². The Morgan fingerprint density at radius 3 is 2.39 bits per heavy atom. The van der Waals surface area contributed by atoms with Crippen LogP contribution in [0.1, 0.15) is 27.6 Å². The van der Waals surface area contributed by atoms with E-state index in [2.05, 4.69) is 26.8 Å². The molecule has 0 heterocycles. The highest BCUT2D eigenvalue weighted by Crippen LogP contribution is 2.36. The maximum absolute atomic E-state index is 12.2. The average molecular weight is 451 g/mol. The molecule has 0 bridgehead atoms. The Balaban J connectivity index is 1.90. The molecule has 0 aromatic heterocycles. The van der Waals surface area contributed by atoms with Crippen LogP contribution < -0.4 is 20.3 Å². The van der Waals surface area contributed by atoms with Crippen molar-refractivity contribution in [2.45, 2.75) is 6.92 Å². The van der Waals surface area contributed by atoms with E-state index < -0.39 is 24.4 Å². The molecular formula is C19H19BrN2O6. The summed E-state index contributed by atoms with van der Waals surface area (Å²) in [6, 6.07) is 11.3. The number of methoxy groups -OCH3 is 1. The van der Waals surface area contributed by atoms with Gasteiger partial charge in [0.1, 0.15) is 0 Å². The van der Waals surface area contributed by atoms with E-state index in [0.29, 0.717) is 28.1 Å². The molecule has 2 amide bonds. The lowest BCUT2D eigenvalue weighted by Gasteiger charge is -2.13. The van der Waals surface area contributed by atoms with E-state index in [1.165, 1.54) is 19.2 Å². The molecule has 9 heteroatoms. The molecule has 2 rings (SSSR count). The summed E-state index contributed by atoms with van der Waals surface area (Å²) in [6.07, 6.45) is 0. The molecule has 2 aromatic rings. The quantitative estimate of drug-likeness (QED) is 0.496. The Labute approximate surface area is 170 Å². The summed E-state index contributed by atoms with van der Waals surface area (Å²) >= 11 is 3.31. The number of halogens is 1. The summed E-state index contributed by atoms with van der Waals surface area (Å²) in [5.74, 6) is -1.09. The van der Waals surface area contributed by atoms with Gasteiger partial charge in [0.2, 0.25) is 0 Å². The van der Waals surface area contributed by atoms with Crippen LogP contribution in [-0.2, 0) is 9.53 Å². The number of carbonyl (C=O) groups excluding carboxylic acids is 3. The lowest BCUT2D eigenvalue weighted by molar-refractivity contribution is -0.125. The Morgan fingerprint density at radius 1 is 1.04 bits per heavy atom. The van der Waals surface area contributed by atoms with Crippen LogP contribution in [0.3, 0.4) is 0 Å². The molecule has 148 valence electrons. The zero-order valence-corrected chi connectivity index (χ0v) is 16.9. The van der Waals surface area contributed by atoms with Crippen molar-refractivity contribution in [2.24, 2.45) is 0 Å². The normalized spacial score (nSPS) is 9.96. The maximum Gasteiger partial charge on any atom is 0.338 e. The number of rotatable bonds is 7. The van der Waals surface area contributed by atoms with Gasteiger partial charge in [0, 0.05) is 5.56 Å². The molecule has 0 spiro atoms. The van der Waals surface area contributed by atoms with Gasteiger partial charge < -0.3 is 14.2 Å². The fraction of sp³-hybridized carbons (Fsp3) is 0.211. The molecule has 2 aromatic carbocycles. The van der Waals surface area contributed by atoms with Crippen molar-refractivity contribution in [3.05, 3.63) is 58.1 Å². The van der Waals surface area contributed by atoms with E-state index in [-0.39, 0.29) is 5.56 Å². The number of ether oxygens (including phenoxy) is 3. The number of hydrogen-bond donors (Lipinski definition) is 2. The molecular weight excluding hydrogens is 432 g/mol. The van der Waals surface area contributed by atoms with Gasteiger partial charge in [-0.2, -0.15) is 0 Å². The third-order valence-electron chi connectivity index (χ3n) is 3.44. The van der Waals surface area contributed by atoms with Gasteiger partial charge in [0.15, 0.2) is 18.1 Å². The lowest BCUT2D eigenvalue weighted by atomic mass is 10.2. The third kappa shape index (κ3) is 5.71. The minimum Gasteiger partial charge on any atom is -0.493 e. The van der Waals surface area contributed by atoms with Crippen molar-refractivity contribution in [1.82, 2.24) is 10.9 Å². The van der Waals surface area contributed by atoms with E-state index in [1.807, 2.05) is 6.92 Å². The number of hydrogen-bond acceptors (Lipinski definition) is 6. The van der Waals surface area contributed by atoms with Gasteiger partial charge in [-0.25, -0.2) is 4.79 Å². The lowest BCUT2D eigenvalue weighted by Crippen LogP contribution is -2.43. The van der Waals surface area contributed by atoms with Crippen molar-refractivity contribution in [2.75, 3.05) is 20.3 Å². The molecule has 0 aliphatic rings. The van der Waals surface area contributed by atoms with Gasteiger partial charge in [-0.15, -0.1) is 0 Å². The van der Waals surface area contributed by atoms with Gasteiger partial charge in [0.25, 0.3) is 11.8 Å². The highest BCUT2D eigenvalue weighted by Gasteiger charge is 2.17. The molecule has 0 radical (unpaired) electrons. The highest BCUT2D eigenvalue weighted by molar-refractivity contribution is 9.10. The molecule has 0 aliphatic heterocycles. The Kier molecular flexibility index (Phi) is 7.82. The number of amides is 2. The smallest absolute Gasteiger partial charge is 0.338 e. The number of benzene rings is 2. The van der Waals surface area contributed by atoms with E-state index >= 15 is 0 Å². The molecule has 0 saturated heterocycles. The van der Waals surface area contributed by atoms with Gasteiger partial charge >= 0.3 is 5.97 Å². The zero-order valence-electron chi connectivity index (χ0n) is 15.3. The largest absolute Gasteiger partial charge is 0.493 e. The molecule has 0 atom stereocenters. The second-order valence-corrected chi connectivity index (χ2v) is 6.22. The van der Waals surface area contributed by atoms with Crippen LogP contribution in [0.2, 0.25) is 0 Å². The fourth-order valence-corrected chi connectivity index (χ4v) is 2.72. The second kappa shape index (κ2) is 10.3. The van der Waals surface area contributed by atoms with Gasteiger partial charge in [0.05, 0.1) is 23.8 Å². The second-order valence-electron chi connectivity index (χ2n) is 5.37. The molecule has 2 N–H and O–H groups in total. The van der Waals surface area contributed by atoms with E-state index in [9.17, 15) is 14.4 Å². The summed E-state index contributed by atoms with van der Waals surface area (Å²) in [5, 5.41) is 0. The van der Waals surface area contributed by atoms with Crippen molar-refractivity contribution in [3.8, 4) is 11.5 Å². The molecule has 0 unspecified atom stereocenters. The first-order valence-corrected chi connectivity index (χ1v) is 9.07. The maximum atomic E-state index is 12.2. The number of hydrazine groups is 1. The third-order valence-corrected chi connectivity index (χ3v) is 4.03. The SMILES string of the molecule is CCOc1c(Br)cc(C(=O)OCC(=O)NNC(=O)c2ccccc2)cc1OC. The zero-order chi connectivity index (χ0) is 20.5. The van der Waals surface area contributed by atoms with Crippen molar-refractivity contribution in [1.29, 1.82) is 0 Å². The number of esters is 1. The molecule has 0 fully saturated rings. The fourth-order valence-electron chi connectivity index (χ4n) is 2.16.